The van der Waals surface area contributed by atoms with E-state index in [4.69, 9.17) is 14.2 Å². The highest BCUT2D eigenvalue weighted by Gasteiger charge is 2.42. The number of hydrogen-bond donors (Lipinski definition) is 1. The van der Waals surface area contributed by atoms with Crippen LogP contribution in [-0.2, 0) is 19.7 Å². The van der Waals surface area contributed by atoms with Gasteiger partial charge >= 0.3 is 0 Å². The highest BCUT2D eigenvalue weighted by Crippen LogP contribution is 2.40. The molecule has 4 rings (SSSR count). The molecule has 1 saturated heterocycles. The summed E-state index contributed by atoms with van der Waals surface area (Å²) in [4.78, 5) is 28.6. The molecule has 0 bridgehead atoms. The summed E-state index contributed by atoms with van der Waals surface area (Å²) in [5.41, 5.74) is 0.766. The van der Waals surface area contributed by atoms with Crippen LogP contribution in [0, 0.1) is 5.41 Å². The van der Waals surface area contributed by atoms with E-state index < -0.39 is 10.8 Å². The minimum Gasteiger partial charge on any atom is -0.497 e. The third kappa shape index (κ3) is 4.40. The van der Waals surface area contributed by atoms with Gasteiger partial charge in [-0.2, -0.15) is 0 Å². The van der Waals surface area contributed by atoms with E-state index in [1.54, 1.807) is 30.2 Å². The van der Waals surface area contributed by atoms with Gasteiger partial charge < -0.3 is 24.4 Å². The van der Waals surface area contributed by atoms with Crippen molar-refractivity contribution >= 4 is 23.2 Å². The highest BCUT2D eigenvalue weighted by molar-refractivity contribution is 6.02. The Morgan fingerprint density at radius 3 is 2.53 bits per heavy atom. The zero-order valence-electron chi connectivity index (χ0n) is 20.1. The number of carbonyl (C=O) groups excluding carboxylic acids is 2. The fourth-order valence-corrected chi connectivity index (χ4v) is 4.56. The molecule has 0 aromatic heterocycles. The van der Waals surface area contributed by atoms with E-state index in [0.717, 1.165) is 11.3 Å². The van der Waals surface area contributed by atoms with Crippen LogP contribution in [0.2, 0.25) is 0 Å². The van der Waals surface area contributed by atoms with E-state index in [2.05, 4.69) is 11.9 Å². The van der Waals surface area contributed by atoms with Gasteiger partial charge in [0.25, 0.3) is 0 Å². The van der Waals surface area contributed by atoms with Crippen LogP contribution in [0.25, 0.3) is 0 Å². The molecule has 2 amide bonds. The average Bonchev–Trinajstić information content (AvgIpc) is 2.94. The lowest BCUT2D eigenvalue weighted by atomic mass is 9.73. The first-order chi connectivity index (χ1) is 16.3. The van der Waals surface area contributed by atoms with Gasteiger partial charge in [0.1, 0.15) is 18.1 Å². The molecule has 2 aliphatic heterocycles. The van der Waals surface area contributed by atoms with E-state index in [1.807, 2.05) is 44.2 Å². The molecule has 0 atom stereocenters. The molecule has 2 aliphatic rings. The van der Waals surface area contributed by atoms with Gasteiger partial charge in [0.2, 0.25) is 11.8 Å². The Morgan fingerprint density at radius 1 is 1.18 bits per heavy atom. The predicted octanol–water partition coefficient (Wildman–Crippen LogP) is 4.32. The van der Waals surface area contributed by atoms with Crippen LogP contribution < -0.4 is 19.7 Å². The first kappa shape index (κ1) is 23.8. The molecule has 0 radical (unpaired) electrons. The largest absolute Gasteiger partial charge is 0.497 e. The second-order valence-corrected chi connectivity index (χ2v) is 9.44. The molecular weight excluding hydrogens is 432 g/mol. The molecule has 1 fully saturated rings. The SMILES string of the molecule is C=CCN1C(=O)C(C)(C)COc2ccc(NC(=O)C3(c4ccc(OC)cc4)CCOCC3)cc21. The molecule has 0 spiro atoms. The van der Waals surface area contributed by atoms with Crippen molar-refractivity contribution in [2.75, 3.05) is 43.7 Å². The van der Waals surface area contributed by atoms with Crippen molar-refractivity contribution in [2.24, 2.45) is 5.41 Å². The summed E-state index contributed by atoms with van der Waals surface area (Å²) < 4.78 is 16.8. The number of benzene rings is 2. The van der Waals surface area contributed by atoms with Gasteiger partial charge in [-0.25, -0.2) is 0 Å². The second kappa shape index (κ2) is 9.50. The maximum Gasteiger partial charge on any atom is 0.236 e. The molecule has 34 heavy (non-hydrogen) atoms. The lowest BCUT2D eigenvalue weighted by molar-refractivity contribution is -0.127. The van der Waals surface area contributed by atoms with E-state index >= 15 is 0 Å². The average molecular weight is 465 g/mol. The minimum atomic E-state index is -0.716. The van der Waals surface area contributed by atoms with Crippen molar-refractivity contribution in [3.8, 4) is 11.5 Å². The summed E-state index contributed by atoms with van der Waals surface area (Å²) >= 11 is 0. The van der Waals surface area contributed by atoms with Crippen molar-refractivity contribution < 1.29 is 23.8 Å². The number of amides is 2. The Kier molecular flexibility index (Phi) is 6.66. The van der Waals surface area contributed by atoms with Gasteiger partial charge in [-0.1, -0.05) is 18.2 Å². The third-order valence-corrected chi connectivity index (χ3v) is 6.66. The Labute approximate surface area is 200 Å². The van der Waals surface area contributed by atoms with Gasteiger partial charge in [-0.05, 0) is 62.6 Å². The summed E-state index contributed by atoms with van der Waals surface area (Å²) in [6.45, 7) is 9.18. The lowest BCUT2D eigenvalue weighted by Crippen LogP contribution is -2.45. The minimum absolute atomic E-state index is 0.0474. The summed E-state index contributed by atoms with van der Waals surface area (Å²) in [7, 11) is 1.62. The van der Waals surface area contributed by atoms with Crippen molar-refractivity contribution in [3.05, 3.63) is 60.7 Å². The van der Waals surface area contributed by atoms with E-state index in [9.17, 15) is 9.59 Å². The zero-order chi connectivity index (χ0) is 24.3. The molecule has 7 nitrogen and oxygen atoms in total. The van der Waals surface area contributed by atoms with E-state index in [1.165, 1.54) is 0 Å². The van der Waals surface area contributed by atoms with Crippen LogP contribution in [0.1, 0.15) is 32.3 Å². The first-order valence-corrected chi connectivity index (χ1v) is 11.5. The number of nitrogens with zero attached hydrogens (tertiary/aromatic N) is 1. The zero-order valence-corrected chi connectivity index (χ0v) is 20.1. The Morgan fingerprint density at radius 2 is 1.88 bits per heavy atom. The Bertz CT molecular complexity index is 1070. The molecule has 1 N–H and O–H groups in total. The molecular formula is C27H32N2O5. The maximum absolute atomic E-state index is 13.7. The van der Waals surface area contributed by atoms with Crippen LogP contribution >= 0.6 is 0 Å². The number of ether oxygens (including phenoxy) is 3. The molecule has 7 heteroatoms. The molecule has 180 valence electrons. The number of anilines is 2. The fourth-order valence-electron chi connectivity index (χ4n) is 4.56. The van der Waals surface area contributed by atoms with Crippen molar-refractivity contribution in [1.29, 1.82) is 0 Å². The second-order valence-electron chi connectivity index (χ2n) is 9.44. The number of nitrogens with one attached hydrogen (secondary N) is 1. The van der Waals surface area contributed by atoms with Gasteiger partial charge in [0.05, 0.1) is 23.6 Å². The van der Waals surface area contributed by atoms with Gasteiger partial charge in [-0.3, -0.25) is 9.59 Å². The Hall–Kier alpha value is -3.32. The maximum atomic E-state index is 13.7. The summed E-state index contributed by atoms with van der Waals surface area (Å²) in [6.07, 6.45) is 2.85. The van der Waals surface area contributed by atoms with Crippen LogP contribution in [0.15, 0.2) is 55.1 Å². The Balaban J connectivity index is 1.66. The molecule has 2 heterocycles. The van der Waals surface area contributed by atoms with Crippen LogP contribution in [0.3, 0.4) is 0 Å². The number of carbonyl (C=O) groups is 2. The molecule has 0 saturated carbocycles. The normalized spacial score (nSPS) is 18.8. The summed E-state index contributed by atoms with van der Waals surface area (Å²) in [5, 5.41) is 3.10. The summed E-state index contributed by atoms with van der Waals surface area (Å²) in [5.74, 6) is 1.20. The summed E-state index contributed by atoms with van der Waals surface area (Å²) in [6, 6.07) is 13.1. The quantitative estimate of drug-likeness (QED) is 0.645. The highest BCUT2D eigenvalue weighted by atomic mass is 16.5. The van der Waals surface area contributed by atoms with E-state index in [-0.39, 0.29) is 18.4 Å². The third-order valence-electron chi connectivity index (χ3n) is 6.66. The predicted molar refractivity (Wildman–Crippen MR) is 132 cm³/mol. The van der Waals surface area contributed by atoms with Crippen molar-refractivity contribution in [1.82, 2.24) is 0 Å². The first-order valence-electron chi connectivity index (χ1n) is 11.5. The van der Waals surface area contributed by atoms with Gasteiger partial charge in [0, 0.05) is 25.4 Å². The van der Waals surface area contributed by atoms with Gasteiger partial charge in [0.15, 0.2) is 0 Å². The van der Waals surface area contributed by atoms with Crippen molar-refractivity contribution in [3.63, 3.8) is 0 Å². The molecule has 0 unspecified atom stereocenters. The molecule has 2 aromatic rings. The van der Waals surface area contributed by atoms with Gasteiger partial charge in [-0.15, -0.1) is 6.58 Å². The van der Waals surface area contributed by atoms with Crippen LogP contribution in [0.4, 0.5) is 11.4 Å². The van der Waals surface area contributed by atoms with Crippen molar-refractivity contribution in [2.45, 2.75) is 32.1 Å². The van der Waals surface area contributed by atoms with Crippen LogP contribution in [-0.4, -0.2) is 45.3 Å². The number of rotatable bonds is 6. The van der Waals surface area contributed by atoms with E-state index in [0.29, 0.717) is 49.7 Å². The smallest absolute Gasteiger partial charge is 0.236 e. The number of hydrogen-bond acceptors (Lipinski definition) is 5. The fraction of sp³-hybridized carbons (Fsp3) is 0.407. The molecule has 2 aromatic carbocycles. The lowest BCUT2D eigenvalue weighted by Gasteiger charge is -2.36. The topological polar surface area (TPSA) is 77.1 Å². The monoisotopic (exact) mass is 464 g/mol. The number of methoxy groups -OCH3 is 1. The standard InChI is InChI=1S/C27H32N2O5/c1-5-14-29-22-17-20(8-11-23(22)34-18-26(2,3)25(29)31)28-24(30)27(12-15-33-16-13-27)19-6-9-21(32-4)10-7-19/h5-11,17H,1,12-16,18H2,2-4H3,(H,28,30). The number of fused-ring (bicyclic) bond motifs is 1. The molecule has 0 aliphatic carbocycles. The van der Waals surface area contributed by atoms with Crippen LogP contribution in [0.5, 0.6) is 11.5 Å².